The number of amides is 2. The van der Waals surface area contributed by atoms with E-state index in [0.717, 1.165) is 62.0 Å². The highest BCUT2D eigenvalue weighted by molar-refractivity contribution is 14.1. The summed E-state index contributed by atoms with van der Waals surface area (Å²) in [5.41, 5.74) is 2.30. The zero-order chi connectivity index (χ0) is 25.0. The number of carbonyl (C=O) groups excluding carboxylic acids is 2. The van der Waals surface area contributed by atoms with Crippen LogP contribution >= 0.6 is 22.6 Å². The highest BCUT2D eigenvalue weighted by atomic mass is 127. The molecule has 194 valence electrons. The van der Waals surface area contributed by atoms with Gasteiger partial charge < -0.3 is 20.4 Å². The fourth-order valence-corrected chi connectivity index (χ4v) is 5.49. The molecule has 0 saturated carbocycles. The highest BCUT2D eigenvalue weighted by Gasteiger charge is 2.33. The zero-order valence-corrected chi connectivity index (χ0v) is 23.6. The predicted octanol–water partition coefficient (Wildman–Crippen LogP) is 4.23. The fraction of sp³-hybridized carbons (Fsp3) is 0.643. The van der Waals surface area contributed by atoms with Crippen LogP contribution in [0, 0.1) is 5.92 Å². The lowest BCUT2D eigenvalue weighted by Crippen LogP contribution is -2.54. The number of nitrogens with one attached hydrogen (secondary N) is 2. The molecule has 2 heterocycles. The number of rotatable bonds is 11. The van der Waals surface area contributed by atoms with Gasteiger partial charge in [0.2, 0.25) is 11.8 Å². The molecular weight excluding hydrogens is 551 g/mol. The van der Waals surface area contributed by atoms with E-state index < -0.39 is 0 Å². The molecule has 0 aliphatic carbocycles. The molecule has 2 amide bonds. The summed E-state index contributed by atoms with van der Waals surface area (Å²) in [6.45, 7) is 9.44. The van der Waals surface area contributed by atoms with Crippen molar-refractivity contribution in [2.24, 2.45) is 5.92 Å². The van der Waals surface area contributed by atoms with Gasteiger partial charge in [-0.3, -0.25) is 9.59 Å². The van der Waals surface area contributed by atoms with Crippen LogP contribution in [0.25, 0.3) is 6.08 Å². The minimum absolute atomic E-state index is 0.0840. The number of benzene rings is 1. The van der Waals surface area contributed by atoms with E-state index in [-0.39, 0.29) is 23.9 Å². The third kappa shape index (κ3) is 9.17. The molecule has 0 aromatic heterocycles. The number of alkyl halides is 1. The van der Waals surface area contributed by atoms with Crippen molar-refractivity contribution < 1.29 is 9.59 Å². The van der Waals surface area contributed by atoms with E-state index in [0.29, 0.717) is 12.5 Å². The van der Waals surface area contributed by atoms with Crippen molar-refractivity contribution in [3.8, 4) is 0 Å². The van der Waals surface area contributed by atoms with Crippen LogP contribution in [-0.4, -0.2) is 73.0 Å². The van der Waals surface area contributed by atoms with Crippen LogP contribution in [0.3, 0.4) is 0 Å². The molecule has 0 unspecified atom stereocenters. The Bertz CT molecular complexity index is 819. The van der Waals surface area contributed by atoms with E-state index in [1.165, 1.54) is 24.8 Å². The van der Waals surface area contributed by atoms with Crippen LogP contribution < -0.4 is 10.6 Å². The van der Waals surface area contributed by atoms with Crippen LogP contribution in [0.1, 0.15) is 63.5 Å². The number of hydrogen-bond donors (Lipinski definition) is 2. The van der Waals surface area contributed by atoms with E-state index in [1.54, 1.807) is 6.08 Å². The van der Waals surface area contributed by atoms with Crippen molar-refractivity contribution in [3.05, 3.63) is 41.5 Å². The maximum atomic E-state index is 13.5. The maximum Gasteiger partial charge on any atom is 0.244 e. The second-order valence-corrected chi connectivity index (χ2v) is 10.7. The number of carbonyl (C=O) groups is 2. The lowest BCUT2D eigenvalue weighted by molar-refractivity contribution is -0.134. The number of hydrogen-bond acceptors (Lipinski definition) is 4. The summed E-state index contributed by atoms with van der Waals surface area (Å²) in [5, 5.41) is 6.68. The van der Waals surface area contributed by atoms with Gasteiger partial charge in [-0.25, -0.2) is 0 Å². The van der Waals surface area contributed by atoms with Gasteiger partial charge in [-0.1, -0.05) is 80.0 Å². The molecular formula is C28H43IN4O2. The lowest BCUT2D eigenvalue weighted by atomic mass is 10.0. The van der Waals surface area contributed by atoms with Gasteiger partial charge >= 0.3 is 0 Å². The average Bonchev–Trinajstić information content (AvgIpc) is 3.04. The van der Waals surface area contributed by atoms with Gasteiger partial charge in [-0.2, -0.15) is 0 Å². The Balaban J connectivity index is 1.59. The Labute approximate surface area is 225 Å². The third-order valence-corrected chi connectivity index (χ3v) is 8.28. The van der Waals surface area contributed by atoms with Crippen molar-refractivity contribution in [2.45, 2.75) is 68.9 Å². The Morgan fingerprint density at radius 3 is 2.51 bits per heavy atom. The van der Waals surface area contributed by atoms with Gasteiger partial charge in [0.05, 0.1) is 6.04 Å². The SMILES string of the molecule is CCC(CC)CN1CC[C@@H](CNC(=O)/C=C/c2ccc(CI)cc2)N[C@@H](CN2CCCCC2)C1=O. The predicted molar refractivity (Wildman–Crippen MR) is 152 cm³/mol. The topological polar surface area (TPSA) is 64.7 Å². The van der Waals surface area contributed by atoms with Gasteiger partial charge in [0.1, 0.15) is 0 Å². The number of likely N-dealkylation sites (tertiary alicyclic amines) is 1. The van der Waals surface area contributed by atoms with Crippen molar-refractivity contribution >= 4 is 40.5 Å². The zero-order valence-electron chi connectivity index (χ0n) is 21.5. The minimum atomic E-state index is -0.209. The van der Waals surface area contributed by atoms with E-state index in [9.17, 15) is 9.59 Å². The van der Waals surface area contributed by atoms with Crippen LogP contribution in [0.15, 0.2) is 30.3 Å². The average molecular weight is 595 g/mol. The van der Waals surface area contributed by atoms with Gasteiger partial charge in [0.25, 0.3) is 0 Å². The molecule has 0 spiro atoms. The fourth-order valence-electron chi connectivity index (χ4n) is 4.99. The van der Waals surface area contributed by atoms with Crippen LogP contribution in [0.2, 0.25) is 0 Å². The molecule has 2 atom stereocenters. The van der Waals surface area contributed by atoms with Gasteiger partial charge in [0, 0.05) is 42.7 Å². The largest absolute Gasteiger partial charge is 0.351 e. The summed E-state index contributed by atoms with van der Waals surface area (Å²) < 4.78 is 0.979. The summed E-state index contributed by atoms with van der Waals surface area (Å²) in [5.74, 6) is 0.676. The first-order chi connectivity index (χ1) is 17.0. The molecule has 6 nitrogen and oxygen atoms in total. The standard InChI is InChI=1S/C28H43IN4O2/c1-3-22(4-2)20-33-17-14-25(31-26(28(33)35)21-32-15-6-5-7-16-32)19-30-27(34)13-12-23-8-10-24(18-29)11-9-23/h8-13,22,25-26,31H,3-7,14-21H2,1-2H3,(H,30,34)/b13-12+/t25-,26-/m0/s1. The molecule has 2 saturated heterocycles. The van der Waals surface area contributed by atoms with Crippen molar-refractivity contribution in [1.29, 1.82) is 0 Å². The summed E-state index contributed by atoms with van der Waals surface area (Å²) >= 11 is 2.35. The second-order valence-electron chi connectivity index (χ2n) is 9.99. The van der Waals surface area contributed by atoms with E-state index in [4.69, 9.17) is 0 Å². The van der Waals surface area contributed by atoms with Gasteiger partial charge in [-0.05, 0) is 55.5 Å². The lowest BCUT2D eigenvalue weighted by Gasteiger charge is -2.33. The molecule has 35 heavy (non-hydrogen) atoms. The molecule has 1 aromatic rings. The second kappa shape index (κ2) is 15.0. The molecule has 2 aliphatic rings. The minimum Gasteiger partial charge on any atom is -0.351 e. The highest BCUT2D eigenvalue weighted by Crippen LogP contribution is 2.17. The van der Waals surface area contributed by atoms with Gasteiger partial charge in [0.15, 0.2) is 0 Å². The van der Waals surface area contributed by atoms with Crippen LogP contribution in [0.4, 0.5) is 0 Å². The normalized spacial score (nSPS) is 22.1. The summed E-state index contributed by atoms with van der Waals surface area (Å²) in [7, 11) is 0. The Hall–Kier alpha value is -1.45. The molecule has 0 radical (unpaired) electrons. The molecule has 2 aliphatic heterocycles. The first kappa shape index (κ1) is 28.1. The molecule has 2 N–H and O–H groups in total. The number of halogens is 1. The monoisotopic (exact) mass is 594 g/mol. The molecule has 1 aromatic carbocycles. The molecule has 3 rings (SSSR count). The number of nitrogens with zero attached hydrogens (tertiary/aromatic N) is 2. The smallest absolute Gasteiger partial charge is 0.244 e. The van der Waals surface area contributed by atoms with Crippen molar-refractivity contribution in [1.82, 2.24) is 20.4 Å². The van der Waals surface area contributed by atoms with E-state index in [2.05, 4.69) is 69.0 Å². The van der Waals surface area contributed by atoms with E-state index >= 15 is 0 Å². The van der Waals surface area contributed by atoms with Crippen LogP contribution in [0.5, 0.6) is 0 Å². The van der Waals surface area contributed by atoms with Crippen molar-refractivity contribution in [2.75, 3.05) is 39.3 Å². The third-order valence-electron chi connectivity index (χ3n) is 7.40. The first-order valence-corrected chi connectivity index (χ1v) is 14.9. The Morgan fingerprint density at radius 1 is 1.14 bits per heavy atom. The summed E-state index contributed by atoms with van der Waals surface area (Å²) in [6, 6.07) is 8.13. The number of piperidine rings is 1. The molecule has 0 bridgehead atoms. The Morgan fingerprint density at radius 2 is 1.86 bits per heavy atom. The Kier molecular flexibility index (Phi) is 12.0. The van der Waals surface area contributed by atoms with E-state index in [1.807, 2.05) is 18.2 Å². The summed E-state index contributed by atoms with van der Waals surface area (Å²) in [4.78, 5) is 30.5. The van der Waals surface area contributed by atoms with Crippen molar-refractivity contribution in [3.63, 3.8) is 0 Å². The molecule has 2 fully saturated rings. The van der Waals surface area contributed by atoms with Gasteiger partial charge in [-0.15, -0.1) is 0 Å². The quantitative estimate of drug-likeness (QED) is 0.229. The first-order valence-electron chi connectivity index (χ1n) is 13.4. The van der Waals surface area contributed by atoms with Crippen LogP contribution in [-0.2, 0) is 14.0 Å². The molecule has 7 heteroatoms. The summed E-state index contributed by atoms with van der Waals surface area (Å²) in [6.07, 6.45) is 10.2. The maximum absolute atomic E-state index is 13.5.